The first-order chi connectivity index (χ1) is 10.2. The quantitative estimate of drug-likeness (QED) is 0.865. The normalized spacial score (nSPS) is 16.3. The van der Waals surface area contributed by atoms with Crippen LogP contribution in [0.25, 0.3) is 0 Å². The van der Waals surface area contributed by atoms with Crippen molar-refractivity contribution in [3.8, 4) is 0 Å². The van der Waals surface area contributed by atoms with Crippen LogP contribution in [0.4, 0.5) is 0 Å². The first-order valence-electron chi connectivity index (χ1n) is 6.95. The predicted octanol–water partition coefficient (Wildman–Crippen LogP) is 3.11. The number of piperidine rings is 1. The van der Waals surface area contributed by atoms with Gasteiger partial charge in [-0.05, 0) is 17.7 Å². The number of aromatic nitrogens is 2. The van der Waals surface area contributed by atoms with Gasteiger partial charge in [0.1, 0.15) is 0 Å². The van der Waals surface area contributed by atoms with E-state index in [1.807, 2.05) is 18.2 Å². The molecule has 21 heavy (non-hydrogen) atoms. The number of thioether (sulfide) groups is 1. The highest BCUT2D eigenvalue weighted by Gasteiger charge is 2.23. The van der Waals surface area contributed by atoms with E-state index in [-0.39, 0.29) is 0 Å². The molecule has 0 aliphatic carbocycles. The summed E-state index contributed by atoms with van der Waals surface area (Å²) in [5.74, 6) is 1.79. The summed E-state index contributed by atoms with van der Waals surface area (Å²) >= 11 is 13.8. The second-order valence-corrected chi connectivity index (χ2v) is 6.78. The van der Waals surface area contributed by atoms with Gasteiger partial charge in [-0.15, -0.1) is 10.2 Å². The minimum absolute atomic E-state index is 0.403. The van der Waals surface area contributed by atoms with Crippen LogP contribution < -0.4 is 5.32 Å². The minimum atomic E-state index is 0.403. The summed E-state index contributed by atoms with van der Waals surface area (Å²) in [5, 5.41) is 12.5. The molecule has 0 amide bonds. The SMILES string of the molecule is Clc1cccc(Cl)c1CSc1nnc(C2CC[NH2+]CC2)o1. The fraction of sp³-hybridized carbons (Fsp3) is 0.429. The maximum Gasteiger partial charge on any atom is 0.276 e. The second kappa shape index (κ2) is 7.01. The molecule has 1 aliphatic heterocycles. The maximum atomic E-state index is 6.15. The van der Waals surface area contributed by atoms with Crippen molar-refractivity contribution < 1.29 is 9.73 Å². The van der Waals surface area contributed by atoms with Gasteiger partial charge in [-0.2, -0.15) is 0 Å². The number of benzene rings is 1. The van der Waals surface area contributed by atoms with Gasteiger partial charge in [0, 0.05) is 34.6 Å². The largest absolute Gasteiger partial charge is 0.416 e. The highest BCUT2D eigenvalue weighted by Crippen LogP contribution is 2.32. The van der Waals surface area contributed by atoms with E-state index in [0.29, 0.717) is 26.9 Å². The first kappa shape index (κ1) is 15.2. The third kappa shape index (κ3) is 3.72. The van der Waals surface area contributed by atoms with Crippen LogP contribution in [0.15, 0.2) is 27.8 Å². The van der Waals surface area contributed by atoms with E-state index >= 15 is 0 Å². The summed E-state index contributed by atoms with van der Waals surface area (Å²) in [6.07, 6.45) is 2.20. The van der Waals surface area contributed by atoms with Crippen molar-refractivity contribution in [3.63, 3.8) is 0 Å². The van der Waals surface area contributed by atoms with E-state index in [9.17, 15) is 0 Å². The van der Waals surface area contributed by atoms with Crippen LogP contribution in [0.5, 0.6) is 0 Å². The standard InChI is InChI=1S/C14H15Cl2N3OS/c15-11-2-1-3-12(16)10(11)8-21-14-19-18-13(20-14)9-4-6-17-7-5-9/h1-3,9,17H,4-8H2/p+1. The van der Waals surface area contributed by atoms with Crippen molar-refractivity contribution >= 4 is 35.0 Å². The van der Waals surface area contributed by atoms with Crippen LogP contribution in [-0.4, -0.2) is 23.3 Å². The molecule has 1 aromatic heterocycles. The number of hydrogen-bond donors (Lipinski definition) is 1. The molecule has 4 nitrogen and oxygen atoms in total. The highest BCUT2D eigenvalue weighted by atomic mass is 35.5. The molecule has 0 spiro atoms. The Bertz CT molecular complexity index is 594. The Hall–Kier alpha value is -0.750. The molecule has 1 saturated heterocycles. The molecule has 0 bridgehead atoms. The fourth-order valence-corrected chi connectivity index (χ4v) is 3.93. The van der Waals surface area contributed by atoms with E-state index in [1.54, 1.807) is 0 Å². The molecule has 0 radical (unpaired) electrons. The molecule has 1 fully saturated rings. The van der Waals surface area contributed by atoms with Crippen molar-refractivity contribution in [1.29, 1.82) is 0 Å². The summed E-state index contributed by atoms with van der Waals surface area (Å²) in [6, 6.07) is 5.51. The molecule has 1 aromatic carbocycles. The summed E-state index contributed by atoms with van der Waals surface area (Å²) in [6.45, 7) is 2.26. The molecule has 3 rings (SSSR count). The van der Waals surface area contributed by atoms with Crippen LogP contribution in [0.2, 0.25) is 10.0 Å². The molecule has 2 aromatic rings. The van der Waals surface area contributed by atoms with Crippen molar-refractivity contribution in [1.82, 2.24) is 10.2 Å². The lowest BCUT2D eigenvalue weighted by atomic mass is 9.98. The molecule has 0 atom stereocenters. The lowest BCUT2D eigenvalue weighted by Gasteiger charge is -2.16. The number of hydrogen-bond acceptors (Lipinski definition) is 4. The maximum absolute atomic E-state index is 6.15. The molecular formula is C14H16Cl2N3OS+. The Kier molecular flexibility index (Phi) is 5.06. The van der Waals surface area contributed by atoms with Crippen molar-refractivity contribution in [2.24, 2.45) is 0 Å². The second-order valence-electron chi connectivity index (χ2n) is 5.04. The molecule has 0 saturated carbocycles. The average molecular weight is 345 g/mol. The number of nitrogens with zero attached hydrogens (tertiary/aromatic N) is 2. The van der Waals surface area contributed by atoms with Gasteiger partial charge in [-0.1, -0.05) is 41.0 Å². The van der Waals surface area contributed by atoms with E-state index in [1.165, 1.54) is 11.8 Å². The summed E-state index contributed by atoms with van der Waals surface area (Å²) in [4.78, 5) is 0. The Balaban J connectivity index is 1.64. The molecule has 2 N–H and O–H groups in total. The first-order valence-corrected chi connectivity index (χ1v) is 8.69. The average Bonchev–Trinajstić information content (AvgIpc) is 2.97. The lowest BCUT2D eigenvalue weighted by Crippen LogP contribution is -2.86. The zero-order chi connectivity index (χ0) is 14.7. The van der Waals surface area contributed by atoms with E-state index < -0.39 is 0 Å². The van der Waals surface area contributed by atoms with Gasteiger partial charge < -0.3 is 9.73 Å². The van der Waals surface area contributed by atoms with Gasteiger partial charge >= 0.3 is 0 Å². The van der Waals surface area contributed by atoms with Gasteiger partial charge in [0.15, 0.2) is 0 Å². The van der Waals surface area contributed by atoms with Crippen LogP contribution in [0.3, 0.4) is 0 Å². The Morgan fingerprint density at radius 2 is 1.90 bits per heavy atom. The van der Waals surface area contributed by atoms with Crippen LogP contribution in [-0.2, 0) is 5.75 Å². The third-order valence-electron chi connectivity index (χ3n) is 3.61. The highest BCUT2D eigenvalue weighted by molar-refractivity contribution is 7.98. The van der Waals surface area contributed by atoms with E-state index in [0.717, 1.165) is 37.4 Å². The van der Waals surface area contributed by atoms with E-state index in [4.69, 9.17) is 27.6 Å². The van der Waals surface area contributed by atoms with Gasteiger partial charge in [0.05, 0.1) is 13.1 Å². The molecule has 1 aliphatic rings. The van der Waals surface area contributed by atoms with Crippen molar-refractivity contribution in [2.75, 3.05) is 13.1 Å². The lowest BCUT2D eigenvalue weighted by molar-refractivity contribution is -0.663. The molecule has 7 heteroatoms. The zero-order valence-electron chi connectivity index (χ0n) is 11.4. The number of halogens is 2. The zero-order valence-corrected chi connectivity index (χ0v) is 13.7. The third-order valence-corrected chi connectivity index (χ3v) is 5.16. The van der Waals surface area contributed by atoms with Crippen molar-refractivity contribution in [3.05, 3.63) is 39.7 Å². The molecule has 0 unspecified atom stereocenters. The number of nitrogens with two attached hydrogens (primary N) is 1. The molecule has 112 valence electrons. The topological polar surface area (TPSA) is 55.5 Å². The van der Waals surface area contributed by atoms with Gasteiger partial charge in [0.2, 0.25) is 5.89 Å². The van der Waals surface area contributed by atoms with Crippen molar-refractivity contribution in [2.45, 2.75) is 29.7 Å². The van der Waals surface area contributed by atoms with E-state index in [2.05, 4.69) is 15.5 Å². The minimum Gasteiger partial charge on any atom is -0.416 e. The summed E-state index contributed by atoms with van der Waals surface area (Å²) < 4.78 is 5.77. The van der Waals surface area contributed by atoms with Gasteiger partial charge in [0.25, 0.3) is 5.22 Å². The number of rotatable bonds is 4. The van der Waals surface area contributed by atoms with Crippen LogP contribution in [0, 0.1) is 0 Å². The summed E-state index contributed by atoms with van der Waals surface area (Å²) in [7, 11) is 0. The Morgan fingerprint density at radius 3 is 2.62 bits per heavy atom. The summed E-state index contributed by atoms with van der Waals surface area (Å²) in [5.41, 5.74) is 0.901. The monoisotopic (exact) mass is 344 g/mol. The molecule has 2 heterocycles. The van der Waals surface area contributed by atoms with Crippen LogP contribution >= 0.6 is 35.0 Å². The molecular weight excluding hydrogens is 329 g/mol. The Labute approximate surface area is 137 Å². The fourth-order valence-electron chi connectivity index (χ4n) is 2.42. The van der Waals surface area contributed by atoms with Crippen LogP contribution in [0.1, 0.15) is 30.2 Å². The predicted molar refractivity (Wildman–Crippen MR) is 84.0 cm³/mol. The smallest absolute Gasteiger partial charge is 0.276 e. The Morgan fingerprint density at radius 1 is 1.19 bits per heavy atom. The number of quaternary nitrogens is 1. The van der Waals surface area contributed by atoms with Gasteiger partial charge in [-0.25, -0.2) is 0 Å². The van der Waals surface area contributed by atoms with Gasteiger partial charge in [-0.3, -0.25) is 0 Å².